The summed E-state index contributed by atoms with van der Waals surface area (Å²) in [5.41, 5.74) is 6.53. The number of rotatable bonds is 5. The first kappa shape index (κ1) is 13.1. The first-order valence-electron chi connectivity index (χ1n) is 6.72. The van der Waals surface area contributed by atoms with E-state index in [2.05, 4.69) is 36.3 Å². The van der Waals surface area contributed by atoms with Crippen molar-refractivity contribution in [3.05, 3.63) is 22.4 Å². The van der Waals surface area contributed by atoms with E-state index in [1.165, 1.54) is 37.2 Å². The lowest BCUT2D eigenvalue weighted by atomic mass is 9.82. The molecule has 1 aromatic rings. The van der Waals surface area contributed by atoms with E-state index >= 15 is 0 Å². The van der Waals surface area contributed by atoms with Crippen molar-refractivity contribution in [2.24, 2.45) is 11.1 Å². The zero-order valence-electron chi connectivity index (χ0n) is 11.0. The van der Waals surface area contributed by atoms with Crippen LogP contribution in [-0.4, -0.2) is 24.5 Å². The molecule has 2 rings (SSSR count). The average molecular weight is 252 g/mol. The third-order valence-electron chi connectivity index (χ3n) is 4.50. The van der Waals surface area contributed by atoms with Gasteiger partial charge in [0.15, 0.2) is 0 Å². The van der Waals surface area contributed by atoms with Gasteiger partial charge < -0.3 is 5.73 Å². The molecule has 0 aliphatic carbocycles. The summed E-state index contributed by atoms with van der Waals surface area (Å²) in [5.74, 6) is 0. The molecule has 0 amide bonds. The Morgan fingerprint density at radius 3 is 2.71 bits per heavy atom. The molecule has 96 valence electrons. The van der Waals surface area contributed by atoms with Crippen LogP contribution in [0.15, 0.2) is 17.5 Å². The van der Waals surface area contributed by atoms with Gasteiger partial charge in [-0.2, -0.15) is 0 Å². The predicted molar refractivity (Wildman–Crippen MR) is 75.3 cm³/mol. The molecule has 2 heterocycles. The summed E-state index contributed by atoms with van der Waals surface area (Å²) in [6, 6.07) is 4.79. The van der Waals surface area contributed by atoms with Gasteiger partial charge in [0.25, 0.3) is 0 Å². The summed E-state index contributed by atoms with van der Waals surface area (Å²) in [5, 5.41) is 2.15. The molecule has 1 aromatic heterocycles. The summed E-state index contributed by atoms with van der Waals surface area (Å²) in [4.78, 5) is 4.02. The van der Waals surface area contributed by atoms with E-state index in [0.717, 1.165) is 6.54 Å². The number of likely N-dealkylation sites (tertiary alicyclic amines) is 1. The van der Waals surface area contributed by atoms with Crippen LogP contribution in [0.25, 0.3) is 0 Å². The highest BCUT2D eigenvalue weighted by Gasteiger charge is 2.37. The molecule has 0 saturated carbocycles. The summed E-state index contributed by atoms with van der Waals surface area (Å²) >= 11 is 1.84. The second-order valence-electron chi connectivity index (χ2n) is 5.19. The molecule has 2 N–H and O–H groups in total. The van der Waals surface area contributed by atoms with E-state index in [1.54, 1.807) is 0 Å². The van der Waals surface area contributed by atoms with Crippen LogP contribution in [-0.2, 0) is 0 Å². The molecule has 1 saturated heterocycles. The van der Waals surface area contributed by atoms with E-state index in [4.69, 9.17) is 5.73 Å². The number of nitrogens with two attached hydrogens (primary N) is 1. The fourth-order valence-corrected chi connectivity index (χ4v) is 3.86. The van der Waals surface area contributed by atoms with E-state index in [0.29, 0.717) is 11.5 Å². The smallest absolute Gasteiger partial charge is 0.0564 e. The molecule has 0 spiro atoms. The van der Waals surface area contributed by atoms with Gasteiger partial charge in [-0.25, -0.2) is 0 Å². The summed E-state index contributed by atoms with van der Waals surface area (Å²) < 4.78 is 0. The molecule has 3 heteroatoms. The van der Waals surface area contributed by atoms with Crippen molar-refractivity contribution in [3.63, 3.8) is 0 Å². The lowest BCUT2D eigenvalue weighted by Gasteiger charge is -2.30. The first-order chi connectivity index (χ1) is 8.24. The largest absolute Gasteiger partial charge is 0.329 e. The fraction of sp³-hybridized carbons (Fsp3) is 0.714. The van der Waals surface area contributed by atoms with E-state index in [9.17, 15) is 0 Å². The number of nitrogens with zero attached hydrogens (tertiary/aromatic N) is 1. The maximum absolute atomic E-state index is 5.98. The Balaban J connectivity index is 2.08. The molecule has 0 aromatic carbocycles. The molecule has 17 heavy (non-hydrogen) atoms. The third kappa shape index (κ3) is 2.56. The lowest BCUT2D eigenvalue weighted by molar-refractivity contribution is 0.199. The summed E-state index contributed by atoms with van der Waals surface area (Å²) in [6.07, 6.45) is 3.92. The maximum atomic E-state index is 5.98. The highest BCUT2D eigenvalue weighted by atomic mass is 32.1. The summed E-state index contributed by atoms with van der Waals surface area (Å²) in [7, 11) is 0. The minimum atomic E-state index is 0.440. The van der Waals surface area contributed by atoms with Crippen molar-refractivity contribution in [1.29, 1.82) is 0 Å². The van der Waals surface area contributed by atoms with Gasteiger partial charge in [-0.3, -0.25) is 4.90 Å². The van der Waals surface area contributed by atoms with Gasteiger partial charge in [-0.05, 0) is 42.7 Å². The lowest BCUT2D eigenvalue weighted by Crippen LogP contribution is -2.33. The second kappa shape index (κ2) is 5.51. The van der Waals surface area contributed by atoms with Gasteiger partial charge in [0.2, 0.25) is 0 Å². The zero-order chi connectivity index (χ0) is 12.3. The monoisotopic (exact) mass is 252 g/mol. The van der Waals surface area contributed by atoms with Crippen molar-refractivity contribution in [2.45, 2.75) is 39.2 Å². The minimum absolute atomic E-state index is 0.440. The molecule has 1 aliphatic heterocycles. The van der Waals surface area contributed by atoms with Crippen molar-refractivity contribution >= 4 is 11.3 Å². The Morgan fingerprint density at radius 2 is 2.24 bits per heavy atom. The van der Waals surface area contributed by atoms with Crippen LogP contribution < -0.4 is 5.73 Å². The molecule has 1 fully saturated rings. The number of hydrogen-bond acceptors (Lipinski definition) is 3. The van der Waals surface area contributed by atoms with Crippen LogP contribution in [0.4, 0.5) is 0 Å². The summed E-state index contributed by atoms with van der Waals surface area (Å²) in [6.45, 7) is 7.83. The Morgan fingerprint density at radius 1 is 1.47 bits per heavy atom. The van der Waals surface area contributed by atoms with Crippen molar-refractivity contribution in [3.8, 4) is 0 Å². The highest BCUT2D eigenvalue weighted by molar-refractivity contribution is 7.10. The molecule has 1 aliphatic rings. The van der Waals surface area contributed by atoms with Gasteiger partial charge >= 0.3 is 0 Å². The van der Waals surface area contributed by atoms with Crippen LogP contribution in [0.5, 0.6) is 0 Å². The Labute approximate surface area is 109 Å². The molecule has 1 unspecified atom stereocenters. The van der Waals surface area contributed by atoms with Crippen molar-refractivity contribution in [2.75, 3.05) is 19.6 Å². The highest BCUT2D eigenvalue weighted by Crippen LogP contribution is 2.40. The van der Waals surface area contributed by atoms with Gasteiger partial charge in [-0.15, -0.1) is 11.3 Å². The standard InChI is InChI=1S/C14H24N2S/c1-3-14(4-2)7-8-16(11-14)12(10-15)13-6-5-9-17-13/h5-6,9,12H,3-4,7-8,10-11,15H2,1-2H3. The molecule has 2 nitrogen and oxygen atoms in total. The molecule has 1 atom stereocenters. The zero-order valence-corrected chi connectivity index (χ0v) is 11.8. The molecule has 0 radical (unpaired) electrons. The van der Waals surface area contributed by atoms with Crippen LogP contribution in [0.2, 0.25) is 0 Å². The van der Waals surface area contributed by atoms with Gasteiger partial charge in [-0.1, -0.05) is 19.9 Å². The quantitative estimate of drug-likeness (QED) is 0.871. The van der Waals surface area contributed by atoms with Gasteiger partial charge in [0, 0.05) is 18.0 Å². The van der Waals surface area contributed by atoms with Gasteiger partial charge in [0.1, 0.15) is 0 Å². The van der Waals surface area contributed by atoms with E-state index in [-0.39, 0.29) is 0 Å². The molecule has 0 bridgehead atoms. The molecular weight excluding hydrogens is 228 g/mol. The van der Waals surface area contributed by atoms with Crippen LogP contribution in [0.3, 0.4) is 0 Å². The Bertz CT molecular complexity index is 330. The van der Waals surface area contributed by atoms with Crippen molar-refractivity contribution in [1.82, 2.24) is 4.90 Å². The first-order valence-corrected chi connectivity index (χ1v) is 7.60. The normalized spacial score (nSPS) is 21.8. The predicted octanol–water partition coefficient (Wildman–Crippen LogP) is 3.26. The van der Waals surface area contributed by atoms with Crippen LogP contribution >= 0.6 is 11.3 Å². The Hall–Kier alpha value is -0.380. The van der Waals surface area contributed by atoms with Gasteiger partial charge in [0.05, 0.1) is 6.04 Å². The average Bonchev–Trinajstić information content (AvgIpc) is 3.00. The minimum Gasteiger partial charge on any atom is -0.329 e. The third-order valence-corrected chi connectivity index (χ3v) is 5.48. The number of thiophene rings is 1. The SMILES string of the molecule is CCC1(CC)CCN(C(CN)c2cccs2)C1. The number of hydrogen-bond donors (Lipinski definition) is 1. The van der Waals surface area contributed by atoms with Crippen LogP contribution in [0, 0.1) is 5.41 Å². The van der Waals surface area contributed by atoms with Crippen LogP contribution in [0.1, 0.15) is 44.0 Å². The fourth-order valence-electron chi connectivity index (χ4n) is 2.99. The van der Waals surface area contributed by atoms with Crippen molar-refractivity contribution < 1.29 is 0 Å². The molecular formula is C14H24N2S. The topological polar surface area (TPSA) is 29.3 Å². The maximum Gasteiger partial charge on any atom is 0.0564 e. The Kier molecular flexibility index (Phi) is 4.23. The van der Waals surface area contributed by atoms with E-state index < -0.39 is 0 Å². The second-order valence-corrected chi connectivity index (χ2v) is 6.17. The van der Waals surface area contributed by atoms with E-state index in [1.807, 2.05) is 11.3 Å².